The first kappa shape index (κ1) is 35.3. The Balaban J connectivity index is 0.000000259. The molecule has 1 N–H and O–H groups in total. The minimum Gasteiger partial charge on any atom is -0.512 e. The molecule has 1 radical (unpaired) electrons. The van der Waals surface area contributed by atoms with Gasteiger partial charge in [-0.3, -0.25) is 4.79 Å². The molecule has 0 amide bonds. The number of para-hydroxylation sites is 1. The van der Waals surface area contributed by atoms with Gasteiger partial charge in [0.1, 0.15) is 0 Å². The van der Waals surface area contributed by atoms with Gasteiger partial charge < -0.3 is 15.0 Å². The van der Waals surface area contributed by atoms with Crippen molar-refractivity contribution in [1.82, 2.24) is 0 Å². The number of rotatable bonds is 9. The predicted molar refractivity (Wildman–Crippen MR) is 189 cm³/mol. The van der Waals surface area contributed by atoms with Crippen molar-refractivity contribution in [3.63, 3.8) is 0 Å². The average Bonchev–Trinajstić information content (AvgIpc) is 3.06. The maximum Gasteiger partial charge on any atom is 0.162 e. The van der Waals surface area contributed by atoms with E-state index in [1.54, 1.807) is 0 Å². The molecular weight excluding hydrogens is 745 g/mol. The van der Waals surface area contributed by atoms with E-state index in [0.29, 0.717) is 5.92 Å². The number of aliphatic imine (C=N–C) groups is 1. The third-order valence-electron chi connectivity index (χ3n) is 9.59. The zero-order chi connectivity index (χ0) is 32.1. The van der Waals surface area contributed by atoms with Crippen LogP contribution in [-0.2, 0) is 24.9 Å². The zero-order valence-corrected chi connectivity index (χ0v) is 30.4. The second-order valence-corrected chi connectivity index (χ2v) is 12.6. The van der Waals surface area contributed by atoms with Gasteiger partial charge in [-0.2, -0.15) is 0 Å². The standard InChI is InChI=1S/C28H23N2.C13H24O2.Ir/c1-18(2)20-14-15-21-17-29-27-23-12-6-8-19-9-7-13-25(26(19)23)30(28(27)24(21)16-20)22-10-4-3-5-11-22;1-5-10(6-2)12(14)9-13(15)11(7-3)8-4;/h3-11,13-18,24,28H,1-2H3;9-11,14H,5-8H2,1-4H3;/q-1;;/b;12-9-;. The smallest absolute Gasteiger partial charge is 0.162 e. The minimum atomic E-state index is 0. The van der Waals surface area contributed by atoms with Crippen LogP contribution in [0.25, 0.3) is 10.8 Å². The Morgan fingerprint density at radius 3 is 2.28 bits per heavy atom. The van der Waals surface area contributed by atoms with E-state index in [1.807, 2.05) is 33.8 Å². The molecule has 0 fully saturated rings. The molecule has 0 saturated heterocycles. The zero-order valence-electron chi connectivity index (χ0n) is 28.0. The van der Waals surface area contributed by atoms with Gasteiger partial charge in [-0.1, -0.05) is 101 Å². The van der Waals surface area contributed by atoms with Gasteiger partial charge >= 0.3 is 0 Å². The number of hydrogen-bond donors (Lipinski definition) is 1. The van der Waals surface area contributed by atoms with Crippen molar-refractivity contribution < 1.29 is 30.0 Å². The summed E-state index contributed by atoms with van der Waals surface area (Å²) in [7, 11) is 0. The Labute approximate surface area is 289 Å². The van der Waals surface area contributed by atoms with Crippen molar-refractivity contribution in [2.75, 3.05) is 4.90 Å². The Bertz CT molecular complexity index is 1670. The molecule has 3 aliphatic rings. The van der Waals surface area contributed by atoms with Crippen LogP contribution in [0.1, 0.15) is 72.8 Å². The van der Waals surface area contributed by atoms with Crippen molar-refractivity contribution in [2.24, 2.45) is 28.7 Å². The van der Waals surface area contributed by atoms with E-state index in [2.05, 4.69) is 104 Å². The van der Waals surface area contributed by atoms with Gasteiger partial charge in [-0.25, -0.2) is 0 Å². The minimum absolute atomic E-state index is 0. The number of fused-ring (bicyclic) bond motifs is 4. The van der Waals surface area contributed by atoms with Gasteiger partial charge in [0.15, 0.2) is 5.78 Å². The molecule has 0 bridgehead atoms. The quantitative estimate of drug-likeness (QED) is 0.133. The van der Waals surface area contributed by atoms with Crippen LogP contribution in [0.5, 0.6) is 0 Å². The van der Waals surface area contributed by atoms with E-state index in [-0.39, 0.29) is 55.4 Å². The van der Waals surface area contributed by atoms with Crippen molar-refractivity contribution in [3.8, 4) is 0 Å². The third-order valence-corrected chi connectivity index (χ3v) is 9.59. The molecule has 2 atom stereocenters. The first-order chi connectivity index (χ1) is 21.8. The molecule has 4 nitrogen and oxygen atoms in total. The van der Waals surface area contributed by atoms with Crippen molar-refractivity contribution in [2.45, 2.75) is 73.3 Å². The summed E-state index contributed by atoms with van der Waals surface area (Å²) in [6, 6.07) is 25.2. The summed E-state index contributed by atoms with van der Waals surface area (Å²) in [6.07, 6.45) is 13.9. The van der Waals surface area contributed by atoms with Crippen LogP contribution in [-0.4, -0.2) is 22.6 Å². The molecule has 2 aliphatic heterocycles. The monoisotopic (exact) mass is 792 g/mol. The summed E-state index contributed by atoms with van der Waals surface area (Å²) in [5.41, 5.74) is 7.38. The molecular formula is C41H47IrN2O2-. The fourth-order valence-corrected chi connectivity index (χ4v) is 6.81. The van der Waals surface area contributed by atoms with Gasteiger partial charge in [0.2, 0.25) is 0 Å². The second kappa shape index (κ2) is 15.8. The molecule has 1 aliphatic carbocycles. The van der Waals surface area contributed by atoms with Crippen LogP contribution in [0.2, 0.25) is 0 Å². The SMILES string of the molecule is CC(C)C1=CC2C(=CN=C3c4[c-]ccc5cccc(c45)N(c4ccccc4)C32)C=C1.CCC(CC)C(=O)/C=C(\O)C(CC)CC.[Ir]. The number of aliphatic hydroxyl groups excluding tert-OH is 1. The van der Waals surface area contributed by atoms with Crippen molar-refractivity contribution >= 4 is 33.6 Å². The van der Waals surface area contributed by atoms with Crippen molar-refractivity contribution in [1.29, 1.82) is 0 Å². The maximum absolute atomic E-state index is 11.7. The third kappa shape index (κ3) is 7.06. The maximum atomic E-state index is 11.7. The molecule has 3 aromatic carbocycles. The van der Waals surface area contributed by atoms with E-state index in [9.17, 15) is 9.90 Å². The number of anilines is 2. The molecule has 2 heterocycles. The van der Waals surface area contributed by atoms with Crippen LogP contribution in [0.4, 0.5) is 11.4 Å². The average molecular weight is 792 g/mol. The molecule has 0 aromatic heterocycles. The molecule has 5 heteroatoms. The number of carbonyl (C=O) groups excluding carboxylic acids is 1. The van der Waals surface area contributed by atoms with Crippen LogP contribution in [0, 0.1) is 29.7 Å². The first-order valence-corrected chi connectivity index (χ1v) is 16.7. The number of nitrogens with zero attached hydrogens (tertiary/aromatic N) is 2. The number of aliphatic hydroxyl groups is 1. The molecule has 0 saturated carbocycles. The Hall–Kier alpha value is -3.53. The van der Waals surface area contributed by atoms with E-state index in [1.165, 1.54) is 39.4 Å². The molecule has 243 valence electrons. The summed E-state index contributed by atoms with van der Waals surface area (Å²) in [5.74, 6) is 1.31. The summed E-state index contributed by atoms with van der Waals surface area (Å²) < 4.78 is 0. The fraction of sp³-hybridized carbons (Fsp3) is 0.366. The summed E-state index contributed by atoms with van der Waals surface area (Å²) in [5, 5.41) is 12.2. The van der Waals surface area contributed by atoms with E-state index in [4.69, 9.17) is 4.99 Å². The largest absolute Gasteiger partial charge is 0.512 e. The first-order valence-electron chi connectivity index (χ1n) is 16.7. The van der Waals surface area contributed by atoms with Gasteiger partial charge in [0.25, 0.3) is 0 Å². The topological polar surface area (TPSA) is 52.9 Å². The molecule has 3 aromatic rings. The molecule has 2 unspecified atom stereocenters. The normalized spacial score (nSPS) is 18.2. The number of benzene rings is 3. The van der Waals surface area contributed by atoms with Gasteiger partial charge in [0, 0.05) is 61.5 Å². The van der Waals surface area contributed by atoms with Crippen molar-refractivity contribution in [3.05, 3.63) is 120 Å². The molecule has 6 rings (SSSR count). The second-order valence-electron chi connectivity index (χ2n) is 12.6. The summed E-state index contributed by atoms with van der Waals surface area (Å²) in [6.45, 7) is 12.6. The summed E-state index contributed by atoms with van der Waals surface area (Å²) in [4.78, 5) is 19.2. The Morgan fingerprint density at radius 2 is 1.63 bits per heavy atom. The number of ketones is 1. The summed E-state index contributed by atoms with van der Waals surface area (Å²) >= 11 is 0. The van der Waals surface area contributed by atoms with E-state index in [0.717, 1.165) is 37.0 Å². The van der Waals surface area contributed by atoms with Crippen LogP contribution in [0.15, 0.2) is 113 Å². The fourth-order valence-electron chi connectivity index (χ4n) is 6.81. The van der Waals surface area contributed by atoms with E-state index >= 15 is 0 Å². The number of hydrogen-bond acceptors (Lipinski definition) is 4. The van der Waals surface area contributed by atoms with Crippen LogP contribution >= 0.6 is 0 Å². The van der Waals surface area contributed by atoms with E-state index < -0.39 is 0 Å². The van der Waals surface area contributed by atoms with Gasteiger partial charge in [-0.05, 0) is 66.7 Å². The number of allylic oxidation sites excluding steroid dienone is 5. The van der Waals surface area contributed by atoms with Crippen LogP contribution < -0.4 is 4.90 Å². The van der Waals surface area contributed by atoms with Gasteiger partial charge in [-0.15, -0.1) is 23.8 Å². The number of carbonyl (C=O) groups is 1. The van der Waals surface area contributed by atoms with Gasteiger partial charge in [0.05, 0.1) is 11.8 Å². The Kier molecular flexibility index (Phi) is 12.2. The predicted octanol–water partition coefficient (Wildman–Crippen LogP) is 10.5. The molecule has 46 heavy (non-hydrogen) atoms. The molecule has 0 spiro atoms. The Morgan fingerprint density at radius 1 is 0.935 bits per heavy atom. The van der Waals surface area contributed by atoms with Crippen LogP contribution in [0.3, 0.4) is 0 Å².